The second-order valence-corrected chi connectivity index (χ2v) is 4.64. The monoisotopic (exact) mass is 247 g/mol. The summed E-state index contributed by atoms with van der Waals surface area (Å²) in [6.45, 7) is 6.47. The summed E-state index contributed by atoms with van der Waals surface area (Å²) in [5.74, 6) is 0.668. The molecule has 0 saturated carbocycles. The Hall–Kier alpha value is -1.73. The lowest BCUT2D eigenvalue weighted by atomic mass is 10.1. The van der Waals surface area contributed by atoms with Crippen molar-refractivity contribution in [3.63, 3.8) is 0 Å². The maximum Gasteiger partial charge on any atom is 0.0992 e. The number of nitrogen functional groups attached to an aromatic ring is 1. The van der Waals surface area contributed by atoms with Crippen LogP contribution in [0.5, 0.6) is 0 Å². The molecule has 0 radical (unpaired) electrons. The van der Waals surface area contributed by atoms with Crippen LogP contribution in [-0.2, 0) is 4.74 Å². The molecule has 0 atom stereocenters. The van der Waals surface area contributed by atoms with E-state index in [2.05, 4.69) is 25.2 Å². The van der Waals surface area contributed by atoms with Gasteiger partial charge in [-0.3, -0.25) is 0 Å². The predicted octanol–water partition coefficient (Wildman–Crippen LogP) is 2.62. The lowest BCUT2D eigenvalue weighted by Gasteiger charge is -2.10. The van der Waals surface area contributed by atoms with E-state index in [1.165, 1.54) is 0 Å². The first-order chi connectivity index (χ1) is 8.63. The van der Waals surface area contributed by atoms with E-state index in [1.54, 1.807) is 18.2 Å². The standard InChI is InChI=1S/C14H21N3O/c1-11(2)5-7-18-8-6-17-14-9-12(10-15)3-4-13(14)16/h3-4,9,11,17H,5-8,16H2,1-2H3. The van der Waals surface area contributed by atoms with Gasteiger partial charge in [0, 0.05) is 13.2 Å². The molecule has 4 heteroatoms. The topological polar surface area (TPSA) is 71.1 Å². The van der Waals surface area contributed by atoms with E-state index in [4.69, 9.17) is 15.7 Å². The van der Waals surface area contributed by atoms with Crippen molar-refractivity contribution in [1.29, 1.82) is 5.26 Å². The van der Waals surface area contributed by atoms with Crippen LogP contribution in [0.1, 0.15) is 25.8 Å². The fraction of sp³-hybridized carbons (Fsp3) is 0.500. The second-order valence-electron chi connectivity index (χ2n) is 4.64. The molecule has 0 heterocycles. The molecule has 1 aromatic carbocycles. The molecule has 0 aliphatic rings. The minimum Gasteiger partial charge on any atom is -0.397 e. The number of benzene rings is 1. The fourth-order valence-electron chi connectivity index (χ4n) is 1.46. The zero-order valence-electron chi connectivity index (χ0n) is 11.1. The van der Waals surface area contributed by atoms with E-state index in [0.29, 0.717) is 30.3 Å². The Bertz CT molecular complexity index is 410. The van der Waals surface area contributed by atoms with Gasteiger partial charge in [0.05, 0.1) is 29.6 Å². The molecule has 18 heavy (non-hydrogen) atoms. The summed E-state index contributed by atoms with van der Waals surface area (Å²) in [5.41, 5.74) is 7.86. The van der Waals surface area contributed by atoms with Crippen LogP contribution in [0, 0.1) is 17.2 Å². The first kappa shape index (κ1) is 14.3. The number of nitriles is 1. The Morgan fingerprint density at radius 1 is 1.39 bits per heavy atom. The van der Waals surface area contributed by atoms with E-state index in [0.717, 1.165) is 18.7 Å². The zero-order valence-corrected chi connectivity index (χ0v) is 11.1. The smallest absolute Gasteiger partial charge is 0.0992 e. The number of nitrogens with two attached hydrogens (primary N) is 1. The van der Waals surface area contributed by atoms with Crippen LogP contribution in [-0.4, -0.2) is 19.8 Å². The van der Waals surface area contributed by atoms with Gasteiger partial charge in [-0.15, -0.1) is 0 Å². The van der Waals surface area contributed by atoms with E-state index in [9.17, 15) is 0 Å². The summed E-state index contributed by atoms with van der Waals surface area (Å²) in [6.07, 6.45) is 1.08. The average molecular weight is 247 g/mol. The summed E-state index contributed by atoms with van der Waals surface area (Å²) in [4.78, 5) is 0. The molecule has 0 saturated heterocycles. The molecule has 0 bridgehead atoms. The van der Waals surface area contributed by atoms with Crippen molar-refractivity contribution >= 4 is 11.4 Å². The lowest BCUT2D eigenvalue weighted by Crippen LogP contribution is -2.12. The Balaban J connectivity index is 2.29. The number of rotatable bonds is 7. The van der Waals surface area contributed by atoms with E-state index < -0.39 is 0 Å². The van der Waals surface area contributed by atoms with Crippen molar-refractivity contribution in [2.45, 2.75) is 20.3 Å². The molecule has 0 amide bonds. The summed E-state index contributed by atoms with van der Waals surface area (Å²) < 4.78 is 5.49. The Morgan fingerprint density at radius 3 is 2.83 bits per heavy atom. The van der Waals surface area contributed by atoms with Crippen molar-refractivity contribution in [1.82, 2.24) is 0 Å². The normalized spacial score (nSPS) is 10.3. The molecule has 0 fully saturated rings. The largest absolute Gasteiger partial charge is 0.397 e. The Labute approximate surface area is 109 Å². The molecule has 0 aliphatic heterocycles. The van der Waals surface area contributed by atoms with Gasteiger partial charge < -0.3 is 15.8 Å². The summed E-state index contributed by atoms with van der Waals surface area (Å²) in [5, 5.41) is 12.0. The molecular formula is C14H21N3O. The zero-order chi connectivity index (χ0) is 13.4. The van der Waals surface area contributed by atoms with Gasteiger partial charge in [0.25, 0.3) is 0 Å². The van der Waals surface area contributed by atoms with E-state index in [-0.39, 0.29) is 0 Å². The van der Waals surface area contributed by atoms with E-state index >= 15 is 0 Å². The first-order valence-electron chi connectivity index (χ1n) is 6.24. The summed E-state index contributed by atoms with van der Waals surface area (Å²) in [6, 6.07) is 7.29. The van der Waals surface area contributed by atoms with E-state index in [1.807, 2.05) is 0 Å². The van der Waals surface area contributed by atoms with Crippen LogP contribution in [0.25, 0.3) is 0 Å². The van der Waals surface area contributed by atoms with Gasteiger partial charge in [-0.2, -0.15) is 5.26 Å². The highest BCUT2D eigenvalue weighted by molar-refractivity contribution is 5.68. The number of hydrogen-bond donors (Lipinski definition) is 2. The van der Waals surface area contributed by atoms with Crippen molar-refractivity contribution in [2.24, 2.45) is 5.92 Å². The van der Waals surface area contributed by atoms with Gasteiger partial charge in [-0.25, -0.2) is 0 Å². The van der Waals surface area contributed by atoms with Crippen LogP contribution in [0.3, 0.4) is 0 Å². The lowest BCUT2D eigenvalue weighted by molar-refractivity contribution is 0.132. The quantitative estimate of drug-likeness (QED) is 0.574. The van der Waals surface area contributed by atoms with Crippen molar-refractivity contribution < 1.29 is 4.74 Å². The average Bonchev–Trinajstić information content (AvgIpc) is 2.35. The van der Waals surface area contributed by atoms with Gasteiger partial charge in [0.1, 0.15) is 0 Å². The van der Waals surface area contributed by atoms with Crippen molar-refractivity contribution in [2.75, 3.05) is 30.8 Å². The predicted molar refractivity (Wildman–Crippen MR) is 74.3 cm³/mol. The molecule has 98 valence electrons. The molecule has 0 unspecified atom stereocenters. The molecule has 0 spiro atoms. The van der Waals surface area contributed by atoms with Gasteiger partial charge >= 0.3 is 0 Å². The van der Waals surface area contributed by atoms with Crippen molar-refractivity contribution in [3.05, 3.63) is 23.8 Å². The molecule has 1 aromatic rings. The summed E-state index contributed by atoms with van der Waals surface area (Å²) in [7, 11) is 0. The maximum atomic E-state index is 8.80. The molecule has 4 nitrogen and oxygen atoms in total. The molecule has 1 rings (SSSR count). The van der Waals surface area contributed by atoms with Crippen LogP contribution in [0.2, 0.25) is 0 Å². The van der Waals surface area contributed by atoms with Crippen LogP contribution in [0.4, 0.5) is 11.4 Å². The van der Waals surface area contributed by atoms with Crippen LogP contribution >= 0.6 is 0 Å². The highest BCUT2D eigenvalue weighted by Crippen LogP contribution is 2.19. The molecule has 0 aromatic heterocycles. The van der Waals surface area contributed by atoms with Crippen LogP contribution in [0.15, 0.2) is 18.2 Å². The number of hydrogen-bond acceptors (Lipinski definition) is 4. The SMILES string of the molecule is CC(C)CCOCCNc1cc(C#N)ccc1N. The van der Waals surface area contributed by atoms with Crippen LogP contribution < -0.4 is 11.1 Å². The highest BCUT2D eigenvalue weighted by atomic mass is 16.5. The van der Waals surface area contributed by atoms with Gasteiger partial charge in [0.15, 0.2) is 0 Å². The first-order valence-corrected chi connectivity index (χ1v) is 6.24. The van der Waals surface area contributed by atoms with Gasteiger partial charge in [-0.05, 0) is 30.5 Å². The number of nitrogens with zero attached hydrogens (tertiary/aromatic N) is 1. The number of ether oxygens (including phenoxy) is 1. The Morgan fingerprint density at radius 2 is 2.17 bits per heavy atom. The number of anilines is 2. The fourth-order valence-corrected chi connectivity index (χ4v) is 1.46. The maximum absolute atomic E-state index is 8.80. The van der Waals surface area contributed by atoms with Crippen molar-refractivity contribution in [3.8, 4) is 6.07 Å². The molecular weight excluding hydrogens is 226 g/mol. The minimum absolute atomic E-state index is 0.604. The Kier molecular flexibility index (Phi) is 6.03. The second kappa shape index (κ2) is 7.57. The molecule has 3 N–H and O–H groups in total. The minimum atomic E-state index is 0.604. The summed E-state index contributed by atoms with van der Waals surface area (Å²) >= 11 is 0. The molecule has 0 aliphatic carbocycles. The highest BCUT2D eigenvalue weighted by Gasteiger charge is 2.00. The third-order valence-corrected chi connectivity index (χ3v) is 2.58. The van der Waals surface area contributed by atoms with Gasteiger partial charge in [-0.1, -0.05) is 13.8 Å². The third kappa shape index (κ3) is 5.07. The number of nitrogens with one attached hydrogen (secondary N) is 1. The third-order valence-electron chi connectivity index (χ3n) is 2.58. The van der Waals surface area contributed by atoms with Gasteiger partial charge in [0.2, 0.25) is 0 Å².